The molecule has 1 unspecified atom stereocenters. The summed E-state index contributed by atoms with van der Waals surface area (Å²) in [4.78, 5) is 1.30. The molecule has 2 nitrogen and oxygen atoms in total. The number of nitriles is 1. The highest BCUT2D eigenvalue weighted by Crippen LogP contribution is 2.17. The number of rotatable bonds is 6. The molecule has 3 heteroatoms. The molecule has 0 radical (unpaired) electrons. The van der Waals surface area contributed by atoms with Gasteiger partial charge in [0, 0.05) is 23.2 Å². The molecule has 0 aliphatic heterocycles. The molecule has 0 aliphatic carbocycles. The third-order valence-electron chi connectivity index (χ3n) is 3.08. The van der Waals surface area contributed by atoms with Crippen LogP contribution in [0.15, 0.2) is 59.5 Å². The lowest BCUT2D eigenvalue weighted by molar-refractivity contribution is 0.601. The van der Waals surface area contributed by atoms with Crippen molar-refractivity contribution in [2.75, 3.05) is 12.3 Å². The lowest BCUT2D eigenvalue weighted by atomic mass is 10.1. The van der Waals surface area contributed by atoms with Gasteiger partial charge in [-0.05, 0) is 36.8 Å². The number of hydrogen-bond acceptors (Lipinski definition) is 3. The molecule has 1 atom stereocenters. The lowest BCUT2D eigenvalue weighted by Crippen LogP contribution is -2.21. The zero-order valence-corrected chi connectivity index (χ0v) is 12.4. The Bertz CT molecular complexity index is 575. The van der Waals surface area contributed by atoms with E-state index in [2.05, 4.69) is 48.6 Å². The Labute approximate surface area is 124 Å². The first-order valence-corrected chi connectivity index (χ1v) is 7.69. The lowest BCUT2D eigenvalue weighted by Gasteiger charge is -2.14. The first-order chi connectivity index (χ1) is 9.79. The highest BCUT2D eigenvalue weighted by molar-refractivity contribution is 7.99. The third-order valence-corrected chi connectivity index (χ3v) is 4.09. The minimum absolute atomic E-state index is 0.264. The second-order valence-corrected chi connectivity index (χ2v) is 5.74. The van der Waals surface area contributed by atoms with Crippen LogP contribution in [0.4, 0.5) is 0 Å². The molecule has 0 aliphatic rings. The molecule has 20 heavy (non-hydrogen) atoms. The Morgan fingerprint density at radius 1 is 1.15 bits per heavy atom. The van der Waals surface area contributed by atoms with E-state index in [1.165, 1.54) is 4.90 Å². The summed E-state index contributed by atoms with van der Waals surface area (Å²) in [7, 11) is 0. The minimum Gasteiger partial charge on any atom is -0.309 e. The molecule has 2 rings (SSSR count). The maximum Gasteiger partial charge on any atom is 0.0991 e. The van der Waals surface area contributed by atoms with Gasteiger partial charge in [-0.1, -0.05) is 30.3 Å². The summed E-state index contributed by atoms with van der Waals surface area (Å²) >= 11 is 1.85. The van der Waals surface area contributed by atoms with E-state index in [4.69, 9.17) is 5.26 Å². The van der Waals surface area contributed by atoms with E-state index in [0.29, 0.717) is 0 Å². The standard InChI is InChI=1S/C17H18N2S/c1-14(16-7-5-6-15(12-16)13-18)19-10-11-20-17-8-3-2-4-9-17/h2-9,12,14,19H,10-11H2,1H3. The Balaban J connectivity index is 1.77. The topological polar surface area (TPSA) is 35.8 Å². The summed E-state index contributed by atoms with van der Waals surface area (Å²) in [5, 5.41) is 12.4. The molecule has 1 N–H and O–H groups in total. The molecular weight excluding hydrogens is 264 g/mol. The minimum atomic E-state index is 0.264. The van der Waals surface area contributed by atoms with Gasteiger partial charge in [-0.2, -0.15) is 5.26 Å². The van der Waals surface area contributed by atoms with E-state index < -0.39 is 0 Å². The summed E-state index contributed by atoms with van der Waals surface area (Å²) in [5.74, 6) is 1.03. The first kappa shape index (κ1) is 14.6. The second kappa shape index (κ2) is 7.74. The number of hydrogen-bond donors (Lipinski definition) is 1. The van der Waals surface area contributed by atoms with Crippen LogP contribution in [0.5, 0.6) is 0 Å². The van der Waals surface area contributed by atoms with Crippen LogP contribution < -0.4 is 5.32 Å². The Morgan fingerprint density at radius 3 is 2.70 bits per heavy atom. The second-order valence-electron chi connectivity index (χ2n) is 4.57. The van der Waals surface area contributed by atoms with Gasteiger partial charge in [-0.3, -0.25) is 0 Å². The van der Waals surface area contributed by atoms with Crippen molar-refractivity contribution in [3.8, 4) is 6.07 Å². The predicted molar refractivity (Wildman–Crippen MR) is 84.7 cm³/mol. The maximum absolute atomic E-state index is 8.91. The average Bonchev–Trinajstić information content (AvgIpc) is 2.52. The Morgan fingerprint density at radius 2 is 1.95 bits per heavy atom. The largest absolute Gasteiger partial charge is 0.309 e. The monoisotopic (exact) mass is 282 g/mol. The summed E-state index contributed by atoms with van der Waals surface area (Å²) < 4.78 is 0. The van der Waals surface area contributed by atoms with Crippen LogP contribution in [0.3, 0.4) is 0 Å². The van der Waals surface area contributed by atoms with Gasteiger partial charge in [0.15, 0.2) is 0 Å². The van der Waals surface area contributed by atoms with Crippen molar-refractivity contribution in [1.29, 1.82) is 5.26 Å². The van der Waals surface area contributed by atoms with E-state index in [0.717, 1.165) is 23.4 Å². The molecule has 0 fully saturated rings. The Hall–Kier alpha value is -1.76. The molecule has 2 aromatic rings. The van der Waals surface area contributed by atoms with Crippen molar-refractivity contribution in [2.24, 2.45) is 0 Å². The zero-order chi connectivity index (χ0) is 14.2. The van der Waals surface area contributed by atoms with Crippen molar-refractivity contribution >= 4 is 11.8 Å². The summed E-state index contributed by atoms with van der Waals surface area (Å²) in [5.41, 5.74) is 1.88. The first-order valence-electron chi connectivity index (χ1n) is 6.71. The van der Waals surface area contributed by atoms with Gasteiger partial charge in [0.2, 0.25) is 0 Å². The van der Waals surface area contributed by atoms with Crippen molar-refractivity contribution in [3.05, 3.63) is 65.7 Å². The van der Waals surface area contributed by atoms with Gasteiger partial charge in [0.1, 0.15) is 0 Å². The molecular formula is C17H18N2S. The van der Waals surface area contributed by atoms with Gasteiger partial charge < -0.3 is 5.32 Å². The number of benzene rings is 2. The van der Waals surface area contributed by atoms with Crippen LogP contribution >= 0.6 is 11.8 Å². The van der Waals surface area contributed by atoms with Crippen molar-refractivity contribution in [3.63, 3.8) is 0 Å². The molecule has 0 bridgehead atoms. The van der Waals surface area contributed by atoms with Crippen LogP contribution in [0.2, 0.25) is 0 Å². The molecule has 0 aromatic heterocycles. The number of thioether (sulfide) groups is 1. The molecule has 102 valence electrons. The quantitative estimate of drug-likeness (QED) is 0.642. The van der Waals surface area contributed by atoms with Crippen LogP contribution in [-0.4, -0.2) is 12.3 Å². The van der Waals surface area contributed by atoms with Gasteiger partial charge in [-0.15, -0.1) is 11.8 Å². The summed E-state index contributed by atoms with van der Waals surface area (Å²) in [6, 6.07) is 20.6. The van der Waals surface area contributed by atoms with Crippen LogP contribution in [0, 0.1) is 11.3 Å². The van der Waals surface area contributed by atoms with Crippen LogP contribution in [-0.2, 0) is 0 Å². The Kier molecular flexibility index (Phi) is 5.67. The maximum atomic E-state index is 8.91. The van der Waals surface area contributed by atoms with E-state index >= 15 is 0 Å². The molecule has 0 spiro atoms. The van der Waals surface area contributed by atoms with Crippen molar-refractivity contribution < 1.29 is 0 Å². The molecule has 2 aromatic carbocycles. The summed E-state index contributed by atoms with van der Waals surface area (Å²) in [6.07, 6.45) is 0. The van der Waals surface area contributed by atoms with Crippen LogP contribution in [0.25, 0.3) is 0 Å². The fourth-order valence-electron chi connectivity index (χ4n) is 1.96. The van der Waals surface area contributed by atoms with Gasteiger partial charge in [-0.25, -0.2) is 0 Å². The zero-order valence-electron chi connectivity index (χ0n) is 11.5. The summed E-state index contributed by atoms with van der Waals surface area (Å²) in [6.45, 7) is 3.07. The molecule has 0 saturated heterocycles. The molecule has 0 saturated carbocycles. The number of nitrogens with zero attached hydrogens (tertiary/aromatic N) is 1. The fraction of sp³-hybridized carbons (Fsp3) is 0.235. The highest BCUT2D eigenvalue weighted by Gasteiger charge is 2.05. The van der Waals surface area contributed by atoms with Gasteiger partial charge >= 0.3 is 0 Å². The van der Waals surface area contributed by atoms with E-state index in [9.17, 15) is 0 Å². The smallest absolute Gasteiger partial charge is 0.0991 e. The normalized spacial score (nSPS) is 11.8. The van der Waals surface area contributed by atoms with E-state index in [1.54, 1.807) is 0 Å². The van der Waals surface area contributed by atoms with Gasteiger partial charge in [0.05, 0.1) is 11.6 Å². The van der Waals surface area contributed by atoms with E-state index in [1.807, 2.05) is 36.0 Å². The SMILES string of the molecule is CC(NCCSc1ccccc1)c1cccc(C#N)c1. The number of nitrogens with one attached hydrogen (secondary N) is 1. The molecule has 0 heterocycles. The van der Waals surface area contributed by atoms with Crippen molar-refractivity contribution in [1.82, 2.24) is 5.32 Å². The van der Waals surface area contributed by atoms with Crippen LogP contribution in [0.1, 0.15) is 24.1 Å². The van der Waals surface area contributed by atoms with Crippen molar-refractivity contribution in [2.45, 2.75) is 17.9 Å². The highest BCUT2D eigenvalue weighted by atomic mass is 32.2. The average molecular weight is 282 g/mol. The van der Waals surface area contributed by atoms with E-state index in [-0.39, 0.29) is 6.04 Å². The third kappa shape index (κ3) is 4.41. The van der Waals surface area contributed by atoms with Gasteiger partial charge in [0.25, 0.3) is 0 Å². The molecule has 0 amide bonds. The fourth-order valence-corrected chi connectivity index (χ4v) is 2.76. The predicted octanol–water partition coefficient (Wildman–Crippen LogP) is 4.00.